The quantitative estimate of drug-likeness (QED) is 0.738. The number of hydrogen-bond acceptors (Lipinski definition) is 2. The van der Waals surface area contributed by atoms with Gasteiger partial charge >= 0.3 is 0 Å². The van der Waals surface area contributed by atoms with Crippen LogP contribution in [-0.2, 0) is 0 Å². The van der Waals surface area contributed by atoms with Crippen molar-refractivity contribution in [2.45, 2.75) is 64.8 Å². The fourth-order valence-corrected chi connectivity index (χ4v) is 4.54. The summed E-state index contributed by atoms with van der Waals surface area (Å²) in [6.45, 7) is 8.36. The molecule has 23 heavy (non-hydrogen) atoms. The van der Waals surface area contributed by atoms with Gasteiger partial charge in [0.1, 0.15) is 0 Å². The summed E-state index contributed by atoms with van der Waals surface area (Å²) in [7, 11) is 0. The maximum atomic E-state index is 3.88. The second-order valence-corrected chi connectivity index (χ2v) is 7.77. The van der Waals surface area contributed by atoms with Crippen LogP contribution in [0.3, 0.4) is 0 Å². The summed E-state index contributed by atoms with van der Waals surface area (Å²) >= 11 is 0. The molecule has 2 aliphatic rings. The highest BCUT2D eigenvalue weighted by Crippen LogP contribution is 2.59. The highest BCUT2D eigenvalue weighted by atomic mass is 15.1. The molecule has 1 aliphatic heterocycles. The molecule has 1 saturated carbocycles. The maximum Gasteiger partial charge on any atom is 0.0366 e. The minimum absolute atomic E-state index is 0.682. The first-order chi connectivity index (χ1) is 11.3. The normalized spacial score (nSPS) is 22.7. The number of piperidine rings is 1. The molecule has 128 valence electrons. The lowest BCUT2D eigenvalue weighted by molar-refractivity contribution is 0.332. The van der Waals surface area contributed by atoms with Crippen molar-refractivity contribution in [3.05, 3.63) is 30.3 Å². The van der Waals surface area contributed by atoms with Crippen molar-refractivity contribution in [2.24, 2.45) is 11.3 Å². The zero-order chi connectivity index (χ0) is 16.1. The van der Waals surface area contributed by atoms with E-state index in [1.165, 1.54) is 70.3 Å². The molecule has 1 N–H and O–H groups in total. The van der Waals surface area contributed by atoms with Gasteiger partial charge in [0.05, 0.1) is 0 Å². The zero-order valence-electron chi connectivity index (χ0n) is 15.1. The van der Waals surface area contributed by atoms with E-state index >= 15 is 0 Å². The molecule has 1 spiro atoms. The summed E-state index contributed by atoms with van der Waals surface area (Å²) in [6.07, 6.45) is 9.54. The van der Waals surface area contributed by atoms with E-state index in [-0.39, 0.29) is 0 Å². The van der Waals surface area contributed by atoms with E-state index in [1.54, 1.807) is 0 Å². The van der Waals surface area contributed by atoms with Gasteiger partial charge in [-0.25, -0.2) is 0 Å². The van der Waals surface area contributed by atoms with Gasteiger partial charge in [0.2, 0.25) is 0 Å². The van der Waals surface area contributed by atoms with Crippen LogP contribution in [0.1, 0.15) is 58.8 Å². The standard InChI is InChI=1S/C21H34N2/c1-3-8-19(9-4-2)22-17-18-16-21(18)12-14-23(15-13-21)20-10-6-5-7-11-20/h5-7,10-11,18-19,22H,3-4,8-9,12-17H2,1-2H3. The largest absolute Gasteiger partial charge is 0.371 e. The zero-order valence-corrected chi connectivity index (χ0v) is 15.1. The average Bonchev–Trinajstić information content (AvgIpc) is 3.26. The Morgan fingerprint density at radius 2 is 1.74 bits per heavy atom. The number of anilines is 1. The van der Waals surface area contributed by atoms with E-state index in [1.807, 2.05) is 0 Å². The van der Waals surface area contributed by atoms with E-state index < -0.39 is 0 Å². The van der Waals surface area contributed by atoms with Crippen molar-refractivity contribution in [1.29, 1.82) is 0 Å². The number of nitrogens with one attached hydrogen (secondary N) is 1. The Bertz CT molecular complexity index is 456. The van der Waals surface area contributed by atoms with Crippen LogP contribution in [0.15, 0.2) is 30.3 Å². The third-order valence-corrected chi connectivity index (χ3v) is 6.17. The van der Waals surface area contributed by atoms with E-state index in [0.717, 1.165) is 12.0 Å². The van der Waals surface area contributed by atoms with Gasteiger partial charge in [-0.1, -0.05) is 44.9 Å². The molecule has 0 amide bonds. The summed E-state index contributed by atoms with van der Waals surface area (Å²) in [5, 5.41) is 3.88. The number of benzene rings is 1. The monoisotopic (exact) mass is 314 g/mol. The fraction of sp³-hybridized carbons (Fsp3) is 0.714. The van der Waals surface area contributed by atoms with Gasteiger partial charge < -0.3 is 10.2 Å². The van der Waals surface area contributed by atoms with Crippen LogP contribution in [0.5, 0.6) is 0 Å². The van der Waals surface area contributed by atoms with Gasteiger partial charge in [-0.05, 0) is 62.1 Å². The van der Waals surface area contributed by atoms with Crippen molar-refractivity contribution < 1.29 is 0 Å². The van der Waals surface area contributed by atoms with Gasteiger partial charge in [-0.15, -0.1) is 0 Å². The SMILES string of the molecule is CCCC(CCC)NCC1CC12CCN(c1ccccc1)CC2. The lowest BCUT2D eigenvalue weighted by Crippen LogP contribution is -2.37. The molecule has 0 aromatic heterocycles. The second-order valence-electron chi connectivity index (χ2n) is 7.77. The number of para-hydroxylation sites is 1. The molecule has 1 heterocycles. The molecular formula is C21H34N2. The van der Waals surface area contributed by atoms with Gasteiger partial charge in [0, 0.05) is 24.8 Å². The van der Waals surface area contributed by atoms with Crippen LogP contribution in [0, 0.1) is 11.3 Å². The first-order valence-electron chi connectivity index (χ1n) is 9.81. The smallest absolute Gasteiger partial charge is 0.0366 e. The Morgan fingerprint density at radius 3 is 2.35 bits per heavy atom. The van der Waals surface area contributed by atoms with Crippen molar-refractivity contribution >= 4 is 5.69 Å². The number of nitrogens with zero attached hydrogens (tertiary/aromatic N) is 1. The molecule has 0 bridgehead atoms. The van der Waals surface area contributed by atoms with Crippen molar-refractivity contribution in [3.63, 3.8) is 0 Å². The Hall–Kier alpha value is -1.02. The van der Waals surface area contributed by atoms with E-state index in [4.69, 9.17) is 0 Å². The molecule has 1 atom stereocenters. The summed E-state index contributed by atoms with van der Waals surface area (Å²) in [6, 6.07) is 11.7. The predicted octanol–water partition coefficient (Wildman–Crippen LogP) is 4.85. The molecule has 1 saturated heterocycles. The summed E-state index contributed by atoms with van der Waals surface area (Å²) in [5.41, 5.74) is 2.09. The fourth-order valence-electron chi connectivity index (χ4n) is 4.54. The molecule has 3 rings (SSSR count). The van der Waals surface area contributed by atoms with Crippen LogP contribution in [-0.4, -0.2) is 25.7 Å². The van der Waals surface area contributed by atoms with Crippen LogP contribution < -0.4 is 10.2 Å². The molecule has 1 aromatic carbocycles. The first kappa shape index (κ1) is 16.8. The molecular weight excluding hydrogens is 280 g/mol. The van der Waals surface area contributed by atoms with Gasteiger partial charge in [-0.3, -0.25) is 0 Å². The van der Waals surface area contributed by atoms with Crippen LogP contribution in [0.25, 0.3) is 0 Å². The number of hydrogen-bond donors (Lipinski definition) is 1. The van der Waals surface area contributed by atoms with E-state index in [0.29, 0.717) is 5.41 Å². The Labute approximate surface area is 142 Å². The van der Waals surface area contributed by atoms with Gasteiger partial charge in [0.25, 0.3) is 0 Å². The van der Waals surface area contributed by atoms with Gasteiger partial charge in [-0.2, -0.15) is 0 Å². The highest BCUT2D eigenvalue weighted by molar-refractivity contribution is 5.46. The van der Waals surface area contributed by atoms with E-state index in [9.17, 15) is 0 Å². The van der Waals surface area contributed by atoms with Gasteiger partial charge in [0.15, 0.2) is 0 Å². The van der Waals surface area contributed by atoms with E-state index in [2.05, 4.69) is 54.4 Å². The second kappa shape index (κ2) is 7.70. The average molecular weight is 315 g/mol. The predicted molar refractivity (Wildman–Crippen MR) is 100 cm³/mol. The van der Waals surface area contributed by atoms with Crippen LogP contribution >= 0.6 is 0 Å². The van der Waals surface area contributed by atoms with Crippen LogP contribution in [0.4, 0.5) is 5.69 Å². The lowest BCUT2D eigenvalue weighted by atomic mass is 9.90. The molecule has 0 radical (unpaired) electrons. The lowest BCUT2D eigenvalue weighted by Gasteiger charge is -2.34. The first-order valence-corrected chi connectivity index (χ1v) is 9.81. The molecule has 2 heteroatoms. The molecule has 2 fully saturated rings. The highest BCUT2D eigenvalue weighted by Gasteiger charge is 2.54. The molecule has 2 nitrogen and oxygen atoms in total. The Kier molecular flexibility index (Phi) is 5.63. The van der Waals surface area contributed by atoms with Crippen molar-refractivity contribution in [2.75, 3.05) is 24.5 Å². The number of rotatable bonds is 8. The minimum Gasteiger partial charge on any atom is -0.371 e. The van der Waals surface area contributed by atoms with Crippen LogP contribution in [0.2, 0.25) is 0 Å². The molecule has 1 aliphatic carbocycles. The minimum atomic E-state index is 0.682. The summed E-state index contributed by atoms with van der Waals surface area (Å²) in [5.74, 6) is 0.941. The molecule has 1 aromatic rings. The van der Waals surface area contributed by atoms with Crippen molar-refractivity contribution in [1.82, 2.24) is 5.32 Å². The maximum absolute atomic E-state index is 3.88. The topological polar surface area (TPSA) is 15.3 Å². The Balaban J connectivity index is 1.43. The Morgan fingerprint density at radius 1 is 1.09 bits per heavy atom. The van der Waals surface area contributed by atoms with Crippen molar-refractivity contribution in [3.8, 4) is 0 Å². The third kappa shape index (κ3) is 4.09. The summed E-state index contributed by atoms with van der Waals surface area (Å²) in [4.78, 5) is 2.57. The summed E-state index contributed by atoms with van der Waals surface area (Å²) < 4.78 is 0. The molecule has 1 unspecified atom stereocenters. The third-order valence-electron chi connectivity index (χ3n) is 6.17.